The van der Waals surface area contributed by atoms with Gasteiger partial charge in [0.05, 0.1) is 6.67 Å². The van der Waals surface area contributed by atoms with E-state index < -0.39 is 35.9 Å². The number of nitrogen functional groups attached to an aromatic ring is 1. The number of oxime groups is 1. The van der Waals surface area contributed by atoms with E-state index in [4.69, 9.17) is 10.9 Å². The number of nitrogens with one attached hydrogen (secondary N) is 1. The van der Waals surface area contributed by atoms with Crippen molar-refractivity contribution in [2.45, 2.75) is 24.3 Å². The zero-order valence-electron chi connectivity index (χ0n) is 17.4. The van der Waals surface area contributed by atoms with Crippen LogP contribution in [0.2, 0.25) is 0 Å². The maximum absolute atomic E-state index is 13.4. The largest absolute Gasteiger partial charge is 0.477 e. The number of nitrogens with zero attached hydrogens (tertiary/aromatic N) is 4. The lowest BCUT2D eigenvalue weighted by Gasteiger charge is -2.52. The van der Waals surface area contributed by atoms with Crippen LogP contribution in [0.4, 0.5) is 15.3 Å². The fourth-order valence-electron chi connectivity index (χ4n) is 4.22. The van der Waals surface area contributed by atoms with Crippen LogP contribution >= 0.6 is 23.1 Å². The third-order valence-electron chi connectivity index (χ3n) is 5.59. The summed E-state index contributed by atoms with van der Waals surface area (Å²) in [5.41, 5.74) is 6.11. The number of carboxylic acids is 1. The van der Waals surface area contributed by atoms with Gasteiger partial charge < -0.3 is 21.4 Å². The van der Waals surface area contributed by atoms with E-state index in [2.05, 4.69) is 15.5 Å². The van der Waals surface area contributed by atoms with Gasteiger partial charge in [0.15, 0.2) is 5.13 Å². The zero-order chi connectivity index (χ0) is 24.6. The van der Waals surface area contributed by atoms with E-state index in [0.29, 0.717) is 24.8 Å². The van der Waals surface area contributed by atoms with Crippen LogP contribution in [0.25, 0.3) is 0 Å². The topological polar surface area (TPSA) is 179 Å². The lowest BCUT2D eigenvalue weighted by atomic mass is 9.92. The SMILES string of the molecule is Nc1nc(N(C(=O)C=NO)[C@@H]2C(=O)N3C(C(=O)O)=C(C(CCF)=C4CCNC4=O)CS[C@H]23)cs1. The number of fused-ring (bicyclic) bond motifs is 1. The van der Waals surface area contributed by atoms with E-state index in [-0.39, 0.29) is 45.9 Å². The molecule has 4 rings (SSSR count). The number of aromatic nitrogens is 1. The molecule has 1 aromatic rings. The third kappa shape index (κ3) is 3.90. The first-order chi connectivity index (χ1) is 16.3. The molecular formula is C19H19FN6O6S2. The molecule has 1 aromatic heterocycles. The zero-order valence-corrected chi connectivity index (χ0v) is 19.1. The maximum atomic E-state index is 13.4. The molecule has 0 saturated carbocycles. The average molecular weight is 511 g/mol. The number of carbonyl (C=O) groups excluding carboxylic acids is 3. The first-order valence-electron chi connectivity index (χ1n) is 9.99. The molecule has 3 aliphatic rings. The molecule has 0 aromatic carbocycles. The average Bonchev–Trinajstić information content (AvgIpc) is 3.42. The molecule has 0 radical (unpaired) electrons. The number of halogens is 1. The molecule has 0 aliphatic carbocycles. The molecule has 5 N–H and O–H groups in total. The van der Waals surface area contributed by atoms with Gasteiger partial charge in [0.2, 0.25) is 5.91 Å². The van der Waals surface area contributed by atoms with Crippen LogP contribution in [0, 0.1) is 0 Å². The number of thioether (sulfide) groups is 1. The monoisotopic (exact) mass is 510 g/mol. The maximum Gasteiger partial charge on any atom is 0.352 e. The smallest absolute Gasteiger partial charge is 0.352 e. The Morgan fingerprint density at radius 2 is 2.21 bits per heavy atom. The number of hydrogen-bond donors (Lipinski definition) is 4. The number of carboxylic acid groups (broad SMARTS) is 1. The number of alkyl halides is 1. The summed E-state index contributed by atoms with van der Waals surface area (Å²) in [6, 6.07) is -1.14. The van der Waals surface area contributed by atoms with Gasteiger partial charge in [0, 0.05) is 29.7 Å². The quantitative estimate of drug-likeness (QED) is 0.132. The molecule has 0 spiro atoms. The number of nitrogens with two attached hydrogens (primary N) is 1. The minimum Gasteiger partial charge on any atom is -0.477 e. The van der Waals surface area contributed by atoms with Gasteiger partial charge in [-0.2, -0.15) is 0 Å². The fraction of sp³-hybridized carbons (Fsp3) is 0.368. The van der Waals surface area contributed by atoms with Crippen LogP contribution in [0.3, 0.4) is 0 Å². The molecule has 3 amide bonds. The summed E-state index contributed by atoms with van der Waals surface area (Å²) < 4.78 is 13.4. The highest BCUT2D eigenvalue weighted by molar-refractivity contribution is 8.00. The predicted octanol–water partition coefficient (Wildman–Crippen LogP) is 0.317. The van der Waals surface area contributed by atoms with Crippen LogP contribution in [0.5, 0.6) is 0 Å². The number of carbonyl (C=O) groups is 4. The number of rotatable bonds is 7. The van der Waals surface area contributed by atoms with Crippen LogP contribution in [0.15, 0.2) is 33.0 Å². The minimum atomic E-state index is -1.41. The Kier molecular flexibility index (Phi) is 6.56. The standard InChI is InChI=1S/C19H19FN6O6S2/c20-3-1-8(9-2-4-22-15(9)28)10-6-33-17-14(16(29)26(17)13(10)18(30)31)25(12(27)5-23-32)11-7-34-19(21)24-11/h5,7,14,17,32H,1-4,6H2,(H2,21,24)(H,22,28)(H,30,31)/t14-,17-/m1/s1. The number of thiazole rings is 1. The summed E-state index contributed by atoms with van der Waals surface area (Å²) >= 11 is 2.20. The number of allylic oxidation sites excluding steroid dienone is 1. The van der Waals surface area contributed by atoms with Gasteiger partial charge in [-0.1, -0.05) is 5.16 Å². The molecule has 4 heterocycles. The van der Waals surface area contributed by atoms with Gasteiger partial charge in [-0.25, -0.2) is 9.78 Å². The summed E-state index contributed by atoms with van der Waals surface area (Å²) in [7, 11) is 0. The van der Waals surface area contributed by atoms with E-state index in [0.717, 1.165) is 21.1 Å². The van der Waals surface area contributed by atoms with Gasteiger partial charge in [-0.05, 0) is 17.6 Å². The summed E-state index contributed by atoms with van der Waals surface area (Å²) in [5, 5.41) is 24.9. The number of β-lactam (4-membered cyclic amide) rings is 1. The number of hydrogen-bond acceptors (Lipinski definition) is 10. The van der Waals surface area contributed by atoms with Gasteiger partial charge in [0.1, 0.15) is 29.1 Å². The Hall–Kier alpha value is -3.46. The highest BCUT2D eigenvalue weighted by Gasteiger charge is 2.58. The van der Waals surface area contributed by atoms with Crippen molar-refractivity contribution in [2.75, 3.05) is 29.6 Å². The van der Waals surface area contributed by atoms with Gasteiger partial charge in [-0.3, -0.25) is 28.6 Å². The normalized spacial score (nSPS) is 23.6. The highest BCUT2D eigenvalue weighted by Crippen LogP contribution is 2.46. The molecule has 180 valence electrons. The van der Waals surface area contributed by atoms with Crippen molar-refractivity contribution in [2.24, 2.45) is 5.16 Å². The molecule has 15 heteroatoms. The van der Waals surface area contributed by atoms with Crippen LogP contribution in [-0.2, 0) is 19.2 Å². The van der Waals surface area contributed by atoms with E-state index >= 15 is 0 Å². The number of anilines is 2. The van der Waals surface area contributed by atoms with Crippen LogP contribution in [-0.4, -0.2) is 80.5 Å². The van der Waals surface area contributed by atoms with Gasteiger partial charge in [0.25, 0.3) is 11.8 Å². The summed E-state index contributed by atoms with van der Waals surface area (Å²) in [6.45, 7) is -0.443. The molecule has 12 nitrogen and oxygen atoms in total. The summed E-state index contributed by atoms with van der Waals surface area (Å²) in [6.07, 6.45) is 0.755. The lowest BCUT2D eigenvalue weighted by Crippen LogP contribution is -2.72. The number of aliphatic carboxylic acids is 1. The van der Waals surface area contributed by atoms with Crippen molar-refractivity contribution in [3.63, 3.8) is 0 Å². The molecule has 0 unspecified atom stereocenters. The summed E-state index contributed by atoms with van der Waals surface area (Å²) in [5.74, 6) is -3.22. The van der Waals surface area contributed by atoms with Crippen molar-refractivity contribution >= 4 is 64.0 Å². The van der Waals surface area contributed by atoms with E-state index in [9.17, 15) is 28.7 Å². The van der Waals surface area contributed by atoms with E-state index in [1.165, 1.54) is 17.1 Å². The molecule has 0 bridgehead atoms. The van der Waals surface area contributed by atoms with Crippen molar-refractivity contribution in [3.8, 4) is 0 Å². The highest BCUT2D eigenvalue weighted by atomic mass is 32.2. The first-order valence-corrected chi connectivity index (χ1v) is 11.9. The van der Waals surface area contributed by atoms with Crippen molar-refractivity contribution in [1.82, 2.24) is 15.2 Å². The van der Waals surface area contributed by atoms with Crippen molar-refractivity contribution in [1.29, 1.82) is 0 Å². The second-order valence-corrected chi connectivity index (χ2v) is 9.38. The Balaban J connectivity index is 1.76. The second-order valence-electron chi connectivity index (χ2n) is 7.39. The molecule has 2 atom stereocenters. The Morgan fingerprint density at radius 3 is 2.76 bits per heavy atom. The fourth-order valence-corrected chi connectivity index (χ4v) is 6.18. The van der Waals surface area contributed by atoms with Crippen molar-refractivity contribution < 1.29 is 33.9 Å². The lowest BCUT2D eigenvalue weighted by molar-refractivity contribution is -0.148. The minimum absolute atomic E-state index is 0.0560. The van der Waals surface area contributed by atoms with Crippen molar-refractivity contribution in [3.05, 3.63) is 27.8 Å². The Labute approximate surface area is 200 Å². The Morgan fingerprint density at radius 1 is 1.44 bits per heavy atom. The predicted molar refractivity (Wildman–Crippen MR) is 121 cm³/mol. The van der Waals surface area contributed by atoms with Crippen LogP contribution in [0.1, 0.15) is 12.8 Å². The van der Waals surface area contributed by atoms with Gasteiger partial charge >= 0.3 is 5.97 Å². The summed E-state index contributed by atoms with van der Waals surface area (Å²) in [4.78, 5) is 56.4. The third-order valence-corrected chi connectivity index (χ3v) is 7.52. The van der Waals surface area contributed by atoms with Gasteiger partial charge in [-0.15, -0.1) is 23.1 Å². The molecule has 34 heavy (non-hydrogen) atoms. The molecular weight excluding hydrogens is 491 g/mol. The molecule has 2 saturated heterocycles. The Bertz CT molecular complexity index is 1160. The molecule has 3 aliphatic heterocycles. The molecule has 2 fully saturated rings. The van der Waals surface area contributed by atoms with E-state index in [1.54, 1.807) is 0 Å². The second kappa shape index (κ2) is 9.42. The van der Waals surface area contributed by atoms with E-state index in [1.807, 2.05) is 0 Å². The van der Waals surface area contributed by atoms with Crippen LogP contribution < -0.4 is 16.0 Å². The number of amides is 3. The first kappa shape index (κ1) is 23.7.